The lowest BCUT2D eigenvalue weighted by Crippen LogP contribution is -2.55. The number of benzene rings is 2. The summed E-state index contributed by atoms with van der Waals surface area (Å²) in [4.78, 5) is 56.4. The van der Waals surface area contributed by atoms with Gasteiger partial charge in [0.2, 0.25) is 11.8 Å². The molecule has 3 atom stereocenters. The van der Waals surface area contributed by atoms with Crippen LogP contribution in [0.5, 0.6) is 0 Å². The lowest BCUT2D eigenvalue weighted by Gasteiger charge is -2.35. The zero-order chi connectivity index (χ0) is 33.9. The van der Waals surface area contributed by atoms with E-state index in [0.717, 1.165) is 11.1 Å². The normalized spacial score (nSPS) is 13.6. The molecule has 2 rings (SSSR count). The van der Waals surface area contributed by atoms with Crippen LogP contribution in [0.15, 0.2) is 67.3 Å². The van der Waals surface area contributed by atoms with E-state index in [0.29, 0.717) is 12.0 Å². The van der Waals surface area contributed by atoms with Gasteiger partial charge in [0.15, 0.2) is 0 Å². The number of nitrogens with one attached hydrogen (secondary N) is 2. The molecule has 0 spiro atoms. The summed E-state index contributed by atoms with van der Waals surface area (Å²) in [6.07, 6.45) is 1.30. The quantitative estimate of drug-likeness (QED) is 0.208. The van der Waals surface area contributed by atoms with Gasteiger partial charge in [0, 0.05) is 13.0 Å². The van der Waals surface area contributed by atoms with Crippen LogP contribution < -0.4 is 10.6 Å². The highest BCUT2D eigenvalue weighted by molar-refractivity contribution is 5.94. The van der Waals surface area contributed by atoms with Crippen molar-refractivity contribution in [3.05, 3.63) is 83.9 Å². The zero-order valence-electron chi connectivity index (χ0n) is 28.3. The molecule has 0 bridgehead atoms. The Morgan fingerprint density at radius 3 is 1.96 bits per heavy atom. The van der Waals surface area contributed by atoms with Crippen LogP contribution in [0.4, 0.5) is 4.79 Å². The Morgan fingerprint density at radius 2 is 1.42 bits per heavy atom. The van der Waals surface area contributed by atoms with Crippen LogP contribution in [0.3, 0.4) is 0 Å². The largest absolute Gasteiger partial charge is 0.458 e. The van der Waals surface area contributed by atoms with Crippen LogP contribution in [0.1, 0.15) is 84.5 Å². The SMILES string of the molecule is C=CCN(C(=O)C(CC(C)C)NC(=O)OC(C)(C)C)C(C(=O)NC(Cc1ccccc1)C(=O)OC(C)(C)C)c1ccccc1C. The van der Waals surface area contributed by atoms with Crippen molar-refractivity contribution in [1.29, 1.82) is 0 Å². The first kappa shape index (κ1) is 37.0. The first-order valence-corrected chi connectivity index (χ1v) is 15.5. The number of carbonyl (C=O) groups excluding carboxylic acids is 4. The zero-order valence-corrected chi connectivity index (χ0v) is 28.3. The lowest BCUT2D eigenvalue weighted by atomic mass is 9.96. The van der Waals surface area contributed by atoms with Gasteiger partial charge in [0.1, 0.15) is 29.3 Å². The summed E-state index contributed by atoms with van der Waals surface area (Å²) in [6, 6.07) is 13.4. The van der Waals surface area contributed by atoms with E-state index in [9.17, 15) is 19.2 Å². The molecule has 0 aromatic heterocycles. The van der Waals surface area contributed by atoms with Crippen LogP contribution in [0.25, 0.3) is 0 Å². The second kappa shape index (κ2) is 16.3. The molecule has 2 aromatic rings. The maximum Gasteiger partial charge on any atom is 0.408 e. The van der Waals surface area contributed by atoms with E-state index in [4.69, 9.17) is 9.47 Å². The van der Waals surface area contributed by atoms with Gasteiger partial charge in [-0.25, -0.2) is 9.59 Å². The standard InChI is InChI=1S/C36H51N3O6/c1-11-21-39(32(41)28(22-24(2)3)38-34(43)45-36(8,9)10)30(27-20-16-15-17-25(27)4)31(40)37-29(33(42)44-35(5,6)7)23-26-18-13-12-14-19-26/h11-20,24,28-30H,1,21-23H2,2-10H3,(H,37,40)(H,38,43). The average Bonchev–Trinajstić information content (AvgIpc) is 2.91. The fraction of sp³-hybridized carbons (Fsp3) is 0.500. The molecule has 0 aliphatic heterocycles. The van der Waals surface area contributed by atoms with Crippen molar-refractivity contribution in [1.82, 2.24) is 15.5 Å². The predicted octanol–water partition coefficient (Wildman–Crippen LogP) is 6.06. The maximum atomic E-state index is 14.4. The number of nitrogens with zero attached hydrogens (tertiary/aromatic N) is 1. The molecule has 0 aliphatic rings. The third-order valence-corrected chi connectivity index (χ3v) is 6.64. The summed E-state index contributed by atoms with van der Waals surface area (Å²) < 4.78 is 11.1. The van der Waals surface area contributed by atoms with Crippen LogP contribution in [-0.2, 0) is 30.3 Å². The Kier molecular flexibility index (Phi) is 13.4. The third kappa shape index (κ3) is 12.4. The van der Waals surface area contributed by atoms with Gasteiger partial charge < -0.3 is 25.0 Å². The molecule has 9 heteroatoms. The van der Waals surface area contributed by atoms with Crippen LogP contribution in [0.2, 0.25) is 0 Å². The smallest absolute Gasteiger partial charge is 0.408 e. The van der Waals surface area contributed by atoms with Gasteiger partial charge in [-0.3, -0.25) is 9.59 Å². The van der Waals surface area contributed by atoms with Gasteiger partial charge in [0.25, 0.3) is 0 Å². The second-order valence-electron chi connectivity index (χ2n) is 13.7. The molecule has 246 valence electrons. The summed E-state index contributed by atoms with van der Waals surface area (Å²) in [5, 5.41) is 5.63. The number of rotatable bonds is 13. The Bertz CT molecular complexity index is 1310. The molecule has 3 amide bonds. The summed E-state index contributed by atoms with van der Waals surface area (Å²) in [7, 11) is 0. The summed E-state index contributed by atoms with van der Waals surface area (Å²) in [5.74, 6) is -1.59. The molecule has 0 fully saturated rings. The first-order valence-electron chi connectivity index (χ1n) is 15.5. The molecule has 2 N–H and O–H groups in total. The van der Waals surface area contributed by atoms with Crippen molar-refractivity contribution in [3.8, 4) is 0 Å². The van der Waals surface area contributed by atoms with E-state index in [1.54, 1.807) is 53.7 Å². The van der Waals surface area contributed by atoms with Gasteiger partial charge in [-0.1, -0.05) is 74.5 Å². The van der Waals surface area contributed by atoms with Crippen molar-refractivity contribution in [2.24, 2.45) is 5.92 Å². The third-order valence-electron chi connectivity index (χ3n) is 6.64. The number of ether oxygens (including phenoxy) is 2. The first-order chi connectivity index (χ1) is 20.9. The number of hydrogen-bond donors (Lipinski definition) is 2. The topological polar surface area (TPSA) is 114 Å². The van der Waals surface area contributed by atoms with Crippen molar-refractivity contribution in [3.63, 3.8) is 0 Å². The highest BCUT2D eigenvalue weighted by Crippen LogP contribution is 2.27. The Hall–Kier alpha value is -4.14. The minimum atomic E-state index is -1.15. The van der Waals surface area contributed by atoms with Gasteiger partial charge in [-0.15, -0.1) is 6.58 Å². The molecule has 45 heavy (non-hydrogen) atoms. The van der Waals surface area contributed by atoms with E-state index >= 15 is 0 Å². The molecular weight excluding hydrogens is 570 g/mol. The van der Waals surface area contributed by atoms with Crippen LogP contribution in [-0.4, -0.2) is 58.6 Å². The minimum Gasteiger partial charge on any atom is -0.458 e. The Balaban J connectivity index is 2.59. The van der Waals surface area contributed by atoms with E-state index in [-0.39, 0.29) is 18.9 Å². The van der Waals surface area contributed by atoms with Gasteiger partial charge in [-0.05, 0) is 77.5 Å². The molecule has 0 aliphatic carbocycles. The summed E-state index contributed by atoms with van der Waals surface area (Å²) >= 11 is 0. The fourth-order valence-electron chi connectivity index (χ4n) is 4.82. The minimum absolute atomic E-state index is 0.00559. The maximum absolute atomic E-state index is 14.4. The van der Waals surface area contributed by atoms with E-state index < -0.39 is 53.2 Å². The molecule has 3 unspecified atom stereocenters. The average molecular weight is 622 g/mol. The van der Waals surface area contributed by atoms with Gasteiger partial charge in [0.05, 0.1) is 0 Å². The number of carbonyl (C=O) groups is 4. The number of amides is 3. The molecule has 0 heterocycles. The molecule has 0 saturated heterocycles. The highest BCUT2D eigenvalue weighted by Gasteiger charge is 2.38. The fourth-order valence-corrected chi connectivity index (χ4v) is 4.82. The molecule has 2 aromatic carbocycles. The lowest BCUT2D eigenvalue weighted by molar-refractivity contribution is -0.159. The van der Waals surface area contributed by atoms with E-state index in [2.05, 4.69) is 17.2 Å². The highest BCUT2D eigenvalue weighted by atomic mass is 16.6. The molecule has 0 radical (unpaired) electrons. The number of esters is 1. The van der Waals surface area contributed by atoms with Crippen molar-refractivity contribution < 1.29 is 28.7 Å². The van der Waals surface area contributed by atoms with Crippen LogP contribution >= 0.6 is 0 Å². The summed E-state index contributed by atoms with van der Waals surface area (Å²) in [5.41, 5.74) is 0.632. The predicted molar refractivity (Wildman–Crippen MR) is 176 cm³/mol. The summed E-state index contributed by atoms with van der Waals surface area (Å²) in [6.45, 7) is 20.1. The second-order valence-corrected chi connectivity index (χ2v) is 13.7. The van der Waals surface area contributed by atoms with Crippen molar-refractivity contribution >= 4 is 23.9 Å². The Labute approximate surface area is 268 Å². The van der Waals surface area contributed by atoms with E-state index in [1.165, 1.54) is 11.0 Å². The molecular formula is C36H51N3O6. The molecule has 0 saturated carbocycles. The monoisotopic (exact) mass is 621 g/mol. The molecule has 9 nitrogen and oxygen atoms in total. The van der Waals surface area contributed by atoms with E-state index in [1.807, 2.05) is 63.2 Å². The van der Waals surface area contributed by atoms with Gasteiger partial charge in [-0.2, -0.15) is 0 Å². The van der Waals surface area contributed by atoms with Crippen LogP contribution in [0, 0.1) is 12.8 Å². The number of alkyl carbamates (subject to hydrolysis) is 1. The number of hydrogen-bond acceptors (Lipinski definition) is 6. The van der Waals surface area contributed by atoms with Crippen molar-refractivity contribution in [2.45, 2.75) is 104 Å². The number of aryl methyl sites for hydroxylation is 1. The van der Waals surface area contributed by atoms with Crippen molar-refractivity contribution in [2.75, 3.05) is 6.54 Å². The Morgan fingerprint density at radius 1 is 0.844 bits per heavy atom. The van der Waals surface area contributed by atoms with Gasteiger partial charge >= 0.3 is 12.1 Å².